The first-order chi connectivity index (χ1) is 12.3. The molecule has 0 atom stereocenters. The minimum Gasteiger partial charge on any atom is -0.341 e. The lowest BCUT2D eigenvalue weighted by Gasteiger charge is -2.17. The van der Waals surface area contributed by atoms with Gasteiger partial charge in [0, 0.05) is 19.1 Å². The second-order valence-electron chi connectivity index (χ2n) is 6.21. The molecule has 0 unspecified atom stereocenters. The first-order valence-corrected chi connectivity index (χ1v) is 9.29. The van der Waals surface area contributed by atoms with Crippen LogP contribution in [-0.2, 0) is 4.79 Å². The Morgan fingerprint density at radius 2 is 1.88 bits per heavy atom. The SMILES string of the molecule is O=C(CSc1nnc(N2CCCC2)n1C1CC1)NC(=O)NCC(F)(F)F. The smallest absolute Gasteiger partial charge is 0.341 e. The van der Waals surface area contributed by atoms with Gasteiger partial charge in [0.15, 0.2) is 5.16 Å². The van der Waals surface area contributed by atoms with E-state index in [1.54, 1.807) is 5.32 Å². The number of rotatable bonds is 6. The summed E-state index contributed by atoms with van der Waals surface area (Å²) in [5.41, 5.74) is 0. The third kappa shape index (κ3) is 5.02. The van der Waals surface area contributed by atoms with Crippen molar-refractivity contribution >= 4 is 29.6 Å². The maximum absolute atomic E-state index is 12.0. The quantitative estimate of drug-likeness (QED) is 0.716. The molecular weight excluding hydrogens is 373 g/mol. The number of carbonyl (C=O) groups is 2. The number of carbonyl (C=O) groups excluding carboxylic acids is 2. The van der Waals surface area contributed by atoms with Gasteiger partial charge < -0.3 is 10.2 Å². The maximum Gasteiger partial charge on any atom is 0.405 e. The molecule has 0 bridgehead atoms. The van der Waals surface area contributed by atoms with Crippen LogP contribution in [-0.4, -0.2) is 58.3 Å². The van der Waals surface area contributed by atoms with Gasteiger partial charge in [-0.2, -0.15) is 13.2 Å². The second kappa shape index (κ2) is 7.72. The molecule has 1 saturated heterocycles. The second-order valence-corrected chi connectivity index (χ2v) is 7.16. The number of urea groups is 1. The van der Waals surface area contributed by atoms with Crippen LogP contribution in [0.4, 0.5) is 23.9 Å². The molecule has 3 amide bonds. The molecule has 12 heteroatoms. The van der Waals surface area contributed by atoms with Crippen molar-refractivity contribution in [2.75, 3.05) is 30.3 Å². The molecule has 2 heterocycles. The lowest BCUT2D eigenvalue weighted by molar-refractivity contribution is -0.124. The van der Waals surface area contributed by atoms with Gasteiger partial charge in [0.1, 0.15) is 6.54 Å². The Balaban J connectivity index is 1.53. The van der Waals surface area contributed by atoms with Gasteiger partial charge >= 0.3 is 12.2 Å². The van der Waals surface area contributed by atoms with Gasteiger partial charge in [-0.15, -0.1) is 10.2 Å². The molecule has 0 aromatic carbocycles. The molecule has 1 aromatic rings. The van der Waals surface area contributed by atoms with Crippen molar-refractivity contribution < 1.29 is 22.8 Å². The van der Waals surface area contributed by atoms with Crippen LogP contribution < -0.4 is 15.5 Å². The van der Waals surface area contributed by atoms with E-state index in [-0.39, 0.29) is 5.75 Å². The van der Waals surface area contributed by atoms with Crippen LogP contribution >= 0.6 is 11.8 Å². The highest BCUT2D eigenvalue weighted by Gasteiger charge is 2.32. The highest BCUT2D eigenvalue weighted by atomic mass is 32.2. The van der Waals surface area contributed by atoms with Crippen molar-refractivity contribution in [3.05, 3.63) is 0 Å². The van der Waals surface area contributed by atoms with Gasteiger partial charge in [0.2, 0.25) is 11.9 Å². The molecule has 8 nitrogen and oxygen atoms in total. The van der Waals surface area contributed by atoms with Crippen LogP contribution in [0.15, 0.2) is 5.16 Å². The van der Waals surface area contributed by atoms with Gasteiger partial charge in [-0.1, -0.05) is 11.8 Å². The van der Waals surface area contributed by atoms with E-state index in [9.17, 15) is 22.8 Å². The average Bonchev–Trinajstić information content (AvgIpc) is 3.09. The Kier molecular flexibility index (Phi) is 5.58. The summed E-state index contributed by atoms with van der Waals surface area (Å²) >= 11 is 1.12. The zero-order valence-electron chi connectivity index (χ0n) is 13.9. The third-order valence-electron chi connectivity index (χ3n) is 3.98. The third-order valence-corrected chi connectivity index (χ3v) is 4.93. The number of imide groups is 1. The fourth-order valence-corrected chi connectivity index (χ4v) is 3.47. The fourth-order valence-electron chi connectivity index (χ4n) is 2.67. The predicted octanol–water partition coefficient (Wildman–Crippen LogP) is 1.69. The number of hydrogen-bond donors (Lipinski definition) is 2. The number of hydrogen-bond acceptors (Lipinski definition) is 6. The van der Waals surface area contributed by atoms with Crippen LogP contribution in [0.5, 0.6) is 0 Å². The molecule has 144 valence electrons. The number of nitrogens with zero attached hydrogens (tertiary/aromatic N) is 4. The molecule has 2 aliphatic rings. The summed E-state index contributed by atoms with van der Waals surface area (Å²) in [4.78, 5) is 25.2. The number of aromatic nitrogens is 3. The normalized spacial score (nSPS) is 17.4. The van der Waals surface area contributed by atoms with E-state index in [2.05, 4.69) is 15.1 Å². The van der Waals surface area contributed by atoms with Crippen LogP contribution in [0.1, 0.15) is 31.7 Å². The molecule has 1 aliphatic heterocycles. The summed E-state index contributed by atoms with van der Waals surface area (Å²) in [7, 11) is 0. The van der Waals surface area contributed by atoms with Gasteiger partial charge in [-0.3, -0.25) is 14.7 Å². The van der Waals surface area contributed by atoms with Crippen molar-refractivity contribution in [2.24, 2.45) is 0 Å². The Labute approximate surface area is 151 Å². The number of anilines is 1. The largest absolute Gasteiger partial charge is 0.405 e. The summed E-state index contributed by atoms with van der Waals surface area (Å²) in [6.07, 6.45) is -0.260. The van der Waals surface area contributed by atoms with E-state index < -0.39 is 24.7 Å². The van der Waals surface area contributed by atoms with E-state index in [1.165, 1.54) is 0 Å². The Morgan fingerprint density at radius 3 is 2.50 bits per heavy atom. The predicted molar refractivity (Wildman–Crippen MR) is 88.1 cm³/mol. The van der Waals surface area contributed by atoms with Crippen molar-refractivity contribution in [1.29, 1.82) is 0 Å². The lowest BCUT2D eigenvalue weighted by atomic mass is 10.4. The zero-order chi connectivity index (χ0) is 18.7. The topological polar surface area (TPSA) is 92.2 Å². The standard InChI is InChI=1S/C14H19F3N6O2S/c15-14(16,17)8-18-11(25)19-10(24)7-26-13-21-20-12(22-5-1-2-6-22)23(13)9-3-4-9/h9H,1-8H2,(H2,18,19,24,25). The van der Waals surface area contributed by atoms with E-state index >= 15 is 0 Å². The minimum atomic E-state index is -4.53. The molecule has 26 heavy (non-hydrogen) atoms. The highest BCUT2D eigenvalue weighted by Crippen LogP contribution is 2.41. The number of alkyl halides is 3. The molecule has 2 fully saturated rings. The van der Waals surface area contributed by atoms with Crippen LogP contribution in [0.25, 0.3) is 0 Å². The van der Waals surface area contributed by atoms with Crippen LogP contribution in [0.2, 0.25) is 0 Å². The molecular formula is C14H19F3N6O2S. The number of amides is 3. The zero-order valence-corrected chi connectivity index (χ0v) is 14.7. The van der Waals surface area contributed by atoms with Crippen LogP contribution in [0, 0.1) is 0 Å². The van der Waals surface area contributed by atoms with Gasteiger partial charge in [-0.25, -0.2) is 4.79 Å². The van der Waals surface area contributed by atoms with E-state index in [4.69, 9.17) is 0 Å². The fraction of sp³-hybridized carbons (Fsp3) is 0.714. The Hall–Kier alpha value is -1.98. The lowest BCUT2D eigenvalue weighted by Crippen LogP contribution is -2.43. The summed E-state index contributed by atoms with van der Waals surface area (Å²) < 4.78 is 38.1. The minimum absolute atomic E-state index is 0.135. The Morgan fingerprint density at radius 1 is 1.19 bits per heavy atom. The van der Waals surface area contributed by atoms with Crippen molar-refractivity contribution in [1.82, 2.24) is 25.4 Å². The number of thioether (sulfide) groups is 1. The Bertz CT molecular complexity index is 670. The maximum atomic E-state index is 12.0. The van der Waals surface area contributed by atoms with Crippen LogP contribution in [0.3, 0.4) is 0 Å². The highest BCUT2D eigenvalue weighted by molar-refractivity contribution is 7.99. The summed E-state index contributed by atoms with van der Waals surface area (Å²) in [6, 6.07) is -0.851. The summed E-state index contributed by atoms with van der Waals surface area (Å²) in [5, 5.41) is 12.4. The van der Waals surface area contributed by atoms with Gasteiger partial charge in [-0.05, 0) is 25.7 Å². The van der Waals surface area contributed by atoms with Crippen molar-refractivity contribution in [3.63, 3.8) is 0 Å². The van der Waals surface area contributed by atoms with E-state index in [0.29, 0.717) is 11.2 Å². The first-order valence-electron chi connectivity index (χ1n) is 8.30. The van der Waals surface area contributed by atoms with Gasteiger partial charge in [0.25, 0.3) is 0 Å². The number of halogens is 3. The van der Waals surface area contributed by atoms with Gasteiger partial charge in [0.05, 0.1) is 5.75 Å². The molecule has 1 saturated carbocycles. The molecule has 2 N–H and O–H groups in total. The van der Waals surface area contributed by atoms with Crippen molar-refractivity contribution in [2.45, 2.75) is 43.1 Å². The molecule has 1 aromatic heterocycles. The first kappa shape index (κ1) is 18.8. The molecule has 1 aliphatic carbocycles. The monoisotopic (exact) mass is 392 g/mol. The summed E-state index contributed by atoms with van der Waals surface area (Å²) in [5.74, 6) is -0.0248. The summed E-state index contributed by atoms with van der Waals surface area (Å²) in [6.45, 7) is 0.360. The molecule has 3 rings (SSSR count). The number of nitrogens with one attached hydrogen (secondary N) is 2. The van der Waals surface area contributed by atoms with Crippen molar-refractivity contribution in [3.8, 4) is 0 Å². The van der Waals surface area contributed by atoms with E-state index in [1.807, 2.05) is 9.88 Å². The van der Waals surface area contributed by atoms with E-state index in [0.717, 1.165) is 56.5 Å². The molecule has 0 radical (unpaired) electrons. The molecule has 0 spiro atoms. The average molecular weight is 392 g/mol.